The van der Waals surface area contributed by atoms with Crippen LogP contribution in [0.4, 0.5) is 5.69 Å². The number of carbonyl (C=O) groups excluding carboxylic acids is 1. The summed E-state index contributed by atoms with van der Waals surface area (Å²) in [7, 11) is 0. The molecule has 1 aliphatic carbocycles. The summed E-state index contributed by atoms with van der Waals surface area (Å²) in [6, 6.07) is 13.4. The van der Waals surface area contributed by atoms with E-state index >= 15 is 0 Å². The molecule has 1 fully saturated rings. The SMILES string of the molecule is Cc1oc(-n2cccc2)c(C#N)c1C(=O)Nc1cccc(-c2nnnn2C2CC2)c1. The number of furan rings is 1. The molecule has 30 heavy (non-hydrogen) atoms. The molecule has 0 aliphatic heterocycles. The van der Waals surface area contributed by atoms with Crippen molar-refractivity contribution in [1.29, 1.82) is 5.26 Å². The zero-order valence-electron chi connectivity index (χ0n) is 16.1. The van der Waals surface area contributed by atoms with Gasteiger partial charge in [0, 0.05) is 23.6 Å². The van der Waals surface area contributed by atoms with Gasteiger partial charge in [-0.05, 0) is 54.5 Å². The van der Waals surface area contributed by atoms with Gasteiger partial charge >= 0.3 is 0 Å². The molecule has 1 N–H and O–H groups in total. The third-order valence-corrected chi connectivity index (χ3v) is 5.01. The van der Waals surface area contributed by atoms with Crippen molar-refractivity contribution in [3.63, 3.8) is 0 Å². The second-order valence-electron chi connectivity index (χ2n) is 7.13. The van der Waals surface area contributed by atoms with Gasteiger partial charge in [-0.25, -0.2) is 4.68 Å². The summed E-state index contributed by atoms with van der Waals surface area (Å²) in [6.07, 6.45) is 5.65. The Morgan fingerprint density at radius 3 is 2.80 bits per heavy atom. The number of nitrogens with one attached hydrogen (secondary N) is 1. The summed E-state index contributed by atoms with van der Waals surface area (Å²) in [6.45, 7) is 1.67. The highest BCUT2D eigenvalue weighted by molar-refractivity contribution is 6.07. The molecule has 1 aromatic carbocycles. The molecule has 0 unspecified atom stereocenters. The van der Waals surface area contributed by atoms with E-state index in [0.29, 0.717) is 29.2 Å². The van der Waals surface area contributed by atoms with Crippen LogP contribution in [0.5, 0.6) is 0 Å². The highest BCUT2D eigenvalue weighted by Gasteiger charge is 2.28. The van der Waals surface area contributed by atoms with Gasteiger partial charge in [-0.1, -0.05) is 12.1 Å². The van der Waals surface area contributed by atoms with Crippen LogP contribution >= 0.6 is 0 Å². The van der Waals surface area contributed by atoms with Crippen LogP contribution in [-0.2, 0) is 0 Å². The third kappa shape index (κ3) is 3.04. The van der Waals surface area contributed by atoms with E-state index in [4.69, 9.17) is 4.42 Å². The van der Waals surface area contributed by atoms with Gasteiger partial charge in [0.15, 0.2) is 5.82 Å². The second kappa shape index (κ2) is 7.00. The van der Waals surface area contributed by atoms with E-state index < -0.39 is 5.91 Å². The predicted molar refractivity (Wildman–Crippen MR) is 107 cm³/mol. The van der Waals surface area contributed by atoms with E-state index in [9.17, 15) is 10.1 Å². The summed E-state index contributed by atoms with van der Waals surface area (Å²) < 4.78 is 9.21. The Labute approximate surface area is 171 Å². The molecule has 1 aliphatic rings. The first kappa shape index (κ1) is 17.9. The number of anilines is 1. The van der Waals surface area contributed by atoms with Gasteiger partial charge in [0.2, 0.25) is 5.88 Å². The van der Waals surface area contributed by atoms with E-state index in [1.165, 1.54) is 0 Å². The molecule has 0 saturated heterocycles. The molecule has 9 heteroatoms. The smallest absolute Gasteiger partial charge is 0.260 e. The van der Waals surface area contributed by atoms with Gasteiger partial charge in [-0.3, -0.25) is 9.36 Å². The van der Waals surface area contributed by atoms with Crippen LogP contribution in [0.3, 0.4) is 0 Å². The lowest BCUT2D eigenvalue weighted by atomic mass is 10.1. The predicted octanol–water partition coefficient (Wildman–Crippen LogP) is 3.49. The number of hydrogen-bond donors (Lipinski definition) is 1. The van der Waals surface area contributed by atoms with E-state index in [0.717, 1.165) is 18.4 Å². The summed E-state index contributed by atoms with van der Waals surface area (Å²) in [5.41, 5.74) is 1.79. The molecule has 3 aromatic heterocycles. The van der Waals surface area contributed by atoms with Gasteiger partial charge in [-0.2, -0.15) is 5.26 Å². The zero-order valence-corrected chi connectivity index (χ0v) is 16.1. The zero-order chi connectivity index (χ0) is 20.7. The Hall–Kier alpha value is -4.19. The number of tetrazole rings is 1. The maximum absolute atomic E-state index is 13.0. The fraction of sp³-hybridized carbons (Fsp3) is 0.190. The van der Waals surface area contributed by atoms with Crippen molar-refractivity contribution in [3.05, 3.63) is 65.7 Å². The molecule has 0 atom stereocenters. The Kier molecular flexibility index (Phi) is 4.17. The van der Waals surface area contributed by atoms with Crippen LogP contribution < -0.4 is 5.32 Å². The lowest BCUT2D eigenvalue weighted by molar-refractivity contribution is 0.102. The summed E-state index contributed by atoms with van der Waals surface area (Å²) in [4.78, 5) is 13.0. The first-order valence-electron chi connectivity index (χ1n) is 9.52. The van der Waals surface area contributed by atoms with Crippen LogP contribution in [0.25, 0.3) is 17.3 Å². The topological polar surface area (TPSA) is 115 Å². The standard InChI is InChI=1S/C21H17N7O2/c1-13-18(17(12-22)21(30-13)27-9-2-3-10-27)20(29)23-15-6-4-5-14(11-15)19-24-25-26-28(19)16-7-8-16/h2-6,9-11,16H,7-8H2,1H3,(H,23,29). The molecule has 0 radical (unpaired) electrons. The van der Waals surface area contributed by atoms with Crippen LogP contribution in [-0.4, -0.2) is 30.7 Å². The van der Waals surface area contributed by atoms with E-state index in [1.54, 1.807) is 30.0 Å². The molecule has 5 rings (SSSR count). The van der Waals surface area contributed by atoms with Crippen molar-refractivity contribution in [2.45, 2.75) is 25.8 Å². The van der Waals surface area contributed by atoms with Gasteiger partial charge < -0.3 is 9.73 Å². The molecule has 1 saturated carbocycles. The number of hydrogen-bond acceptors (Lipinski definition) is 6. The summed E-state index contributed by atoms with van der Waals surface area (Å²) >= 11 is 0. The molecule has 1 amide bonds. The average Bonchev–Trinajstić information content (AvgIpc) is 3.16. The van der Waals surface area contributed by atoms with Crippen LogP contribution in [0.2, 0.25) is 0 Å². The molecule has 9 nitrogen and oxygen atoms in total. The maximum Gasteiger partial charge on any atom is 0.260 e. The van der Waals surface area contributed by atoms with E-state index in [-0.39, 0.29) is 11.1 Å². The molecular weight excluding hydrogens is 382 g/mol. The Bertz CT molecular complexity index is 1270. The van der Waals surface area contributed by atoms with Crippen molar-refractivity contribution in [3.8, 4) is 23.3 Å². The van der Waals surface area contributed by atoms with Crippen molar-refractivity contribution < 1.29 is 9.21 Å². The number of aryl methyl sites for hydroxylation is 1. The Morgan fingerprint density at radius 1 is 1.27 bits per heavy atom. The first-order valence-corrected chi connectivity index (χ1v) is 9.52. The molecular formula is C21H17N7O2. The minimum Gasteiger partial charge on any atom is -0.443 e. The van der Waals surface area contributed by atoms with Crippen LogP contribution in [0.15, 0.2) is 53.2 Å². The maximum atomic E-state index is 13.0. The van der Waals surface area contributed by atoms with Crippen molar-refractivity contribution in [1.82, 2.24) is 24.8 Å². The van der Waals surface area contributed by atoms with Crippen molar-refractivity contribution >= 4 is 11.6 Å². The molecule has 0 bridgehead atoms. The summed E-state index contributed by atoms with van der Waals surface area (Å²) in [5, 5.41) is 24.5. The highest BCUT2D eigenvalue weighted by Crippen LogP contribution is 2.37. The molecule has 4 aromatic rings. The van der Waals surface area contributed by atoms with Gasteiger partial charge in [0.05, 0.1) is 6.04 Å². The van der Waals surface area contributed by atoms with Gasteiger partial charge in [0.1, 0.15) is 23.0 Å². The first-order chi connectivity index (χ1) is 14.7. The molecule has 3 heterocycles. The minimum atomic E-state index is -0.412. The van der Waals surface area contributed by atoms with Gasteiger partial charge in [0.25, 0.3) is 5.91 Å². The average molecular weight is 399 g/mol. The van der Waals surface area contributed by atoms with Crippen molar-refractivity contribution in [2.24, 2.45) is 0 Å². The number of nitriles is 1. The lowest BCUT2D eigenvalue weighted by Gasteiger charge is -2.08. The molecule has 148 valence electrons. The fourth-order valence-electron chi connectivity index (χ4n) is 3.44. The number of rotatable bonds is 5. The number of benzene rings is 1. The Balaban J connectivity index is 1.45. The monoisotopic (exact) mass is 399 g/mol. The third-order valence-electron chi connectivity index (χ3n) is 5.01. The van der Waals surface area contributed by atoms with Crippen molar-refractivity contribution in [2.75, 3.05) is 5.32 Å². The minimum absolute atomic E-state index is 0.190. The number of carbonyl (C=O) groups is 1. The Morgan fingerprint density at radius 2 is 2.07 bits per heavy atom. The normalized spacial score (nSPS) is 13.2. The quantitative estimate of drug-likeness (QED) is 0.549. The van der Waals surface area contributed by atoms with E-state index in [1.807, 2.05) is 35.0 Å². The van der Waals surface area contributed by atoms with Gasteiger partial charge in [-0.15, -0.1) is 5.10 Å². The highest BCUT2D eigenvalue weighted by atomic mass is 16.4. The molecule has 0 spiro atoms. The second-order valence-corrected chi connectivity index (χ2v) is 7.13. The number of nitrogens with zero attached hydrogens (tertiary/aromatic N) is 6. The lowest BCUT2D eigenvalue weighted by Crippen LogP contribution is -2.14. The van der Waals surface area contributed by atoms with E-state index in [2.05, 4.69) is 26.9 Å². The van der Waals surface area contributed by atoms with Crippen LogP contribution in [0.1, 0.15) is 40.6 Å². The largest absolute Gasteiger partial charge is 0.443 e. The number of amides is 1. The fourth-order valence-corrected chi connectivity index (χ4v) is 3.44. The number of aromatic nitrogens is 5. The summed E-state index contributed by atoms with van der Waals surface area (Å²) in [5.74, 6) is 0.954. The van der Waals surface area contributed by atoms with Crippen LogP contribution in [0, 0.1) is 18.3 Å².